The highest BCUT2D eigenvalue weighted by Crippen LogP contribution is 2.43. The van der Waals surface area contributed by atoms with Crippen LogP contribution in [0.15, 0.2) is 85.1 Å². The van der Waals surface area contributed by atoms with Crippen LogP contribution >= 0.6 is 7.82 Å². The fourth-order valence-electron chi connectivity index (χ4n) is 5.31. The van der Waals surface area contributed by atoms with Gasteiger partial charge in [0.15, 0.2) is 0 Å². The molecule has 0 bridgehead atoms. The SMILES string of the molecule is CC/C=C\C/C=C\C/C=C\C/C=C\C/C=C\C/C=C\CCC(=O)OC(CO)COP(=O)(O)OCC(CO)OC(=O)CCCCCCC/C=C\CCCCCCCC. The van der Waals surface area contributed by atoms with Gasteiger partial charge in [-0.1, -0.05) is 150 Å². The van der Waals surface area contributed by atoms with Gasteiger partial charge in [0.05, 0.1) is 26.4 Å². The van der Waals surface area contributed by atoms with Gasteiger partial charge in [-0.3, -0.25) is 18.6 Å². The molecule has 326 valence electrons. The number of phosphoric ester groups is 1. The predicted molar refractivity (Wildman–Crippen MR) is 233 cm³/mol. The Bertz CT molecular complexity index is 1220. The lowest BCUT2D eigenvalue weighted by Gasteiger charge is -2.20. The van der Waals surface area contributed by atoms with Crippen LogP contribution in [0, 0.1) is 0 Å². The highest BCUT2D eigenvalue weighted by Gasteiger charge is 2.27. The first-order chi connectivity index (χ1) is 27.8. The molecular formula is C46H77O10P. The van der Waals surface area contributed by atoms with Gasteiger partial charge < -0.3 is 24.6 Å². The van der Waals surface area contributed by atoms with E-state index in [0.29, 0.717) is 12.8 Å². The van der Waals surface area contributed by atoms with Gasteiger partial charge in [0.1, 0.15) is 12.2 Å². The predicted octanol–water partition coefficient (Wildman–Crippen LogP) is 11.4. The van der Waals surface area contributed by atoms with E-state index in [4.69, 9.17) is 18.5 Å². The minimum absolute atomic E-state index is 0.0620. The van der Waals surface area contributed by atoms with Gasteiger partial charge in [-0.15, -0.1) is 0 Å². The number of carbonyl (C=O) groups excluding carboxylic acids is 2. The normalized spacial score (nSPS) is 14.7. The zero-order chi connectivity index (χ0) is 41.9. The van der Waals surface area contributed by atoms with Crippen LogP contribution in [0.4, 0.5) is 0 Å². The summed E-state index contributed by atoms with van der Waals surface area (Å²) in [4.78, 5) is 34.5. The van der Waals surface area contributed by atoms with Gasteiger partial charge >= 0.3 is 19.8 Å². The molecule has 3 atom stereocenters. The topological polar surface area (TPSA) is 149 Å². The lowest BCUT2D eigenvalue weighted by molar-refractivity contribution is -0.153. The first kappa shape index (κ1) is 54.2. The van der Waals surface area contributed by atoms with Crippen molar-refractivity contribution in [1.82, 2.24) is 0 Å². The molecule has 0 amide bonds. The number of rotatable bonds is 39. The zero-order valence-corrected chi connectivity index (χ0v) is 36.2. The Kier molecular flexibility index (Phi) is 39.2. The van der Waals surface area contributed by atoms with E-state index in [-0.39, 0.29) is 12.8 Å². The molecule has 0 saturated carbocycles. The molecule has 10 nitrogen and oxygen atoms in total. The number of carbonyl (C=O) groups is 2. The minimum atomic E-state index is -4.66. The molecule has 0 fully saturated rings. The smallest absolute Gasteiger partial charge is 0.457 e. The average Bonchev–Trinajstić information content (AvgIpc) is 3.20. The van der Waals surface area contributed by atoms with Crippen LogP contribution in [0.2, 0.25) is 0 Å². The fourth-order valence-corrected chi connectivity index (χ4v) is 6.09. The van der Waals surface area contributed by atoms with E-state index >= 15 is 0 Å². The Balaban J connectivity index is 4.07. The molecule has 0 saturated heterocycles. The molecule has 0 rings (SSSR count). The van der Waals surface area contributed by atoms with E-state index in [9.17, 15) is 29.3 Å². The third-order valence-electron chi connectivity index (χ3n) is 8.61. The number of hydrogen-bond acceptors (Lipinski definition) is 9. The molecule has 0 aliphatic carbocycles. The highest BCUT2D eigenvalue weighted by molar-refractivity contribution is 7.47. The van der Waals surface area contributed by atoms with E-state index in [1.54, 1.807) is 0 Å². The summed E-state index contributed by atoms with van der Waals surface area (Å²) in [5.74, 6) is -1.12. The van der Waals surface area contributed by atoms with Crippen LogP contribution in [-0.2, 0) is 32.7 Å². The number of aliphatic hydroxyl groups is 2. The Hall–Kier alpha value is -2.85. The van der Waals surface area contributed by atoms with Crippen molar-refractivity contribution < 1.29 is 47.8 Å². The molecule has 3 N–H and O–H groups in total. The largest absolute Gasteiger partial charge is 0.472 e. The molecule has 0 aromatic heterocycles. The van der Waals surface area contributed by atoms with Gasteiger partial charge in [-0.05, 0) is 77.0 Å². The number of unbranched alkanes of at least 4 members (excludes halogenated alkanes) is 11. The lowest BCUT2D eigenvalue weighted by atomic mass is 10.1. The van der Waals surface area contributed by atoms with Crippen LogP contribution < -0.4 is 0 Å². The second-order valence-corrected chi connectivity index (χ2v) is 15.4. The van der Waals surface area contributed by atoms with Crippen LogP contribution in [0.5, 0.6) is 0 Å². The van der Waals surface area contributed by atoms with Crippen molar-refractivity contribution in [3.8, 4) is 0 Å². The van der Waals surface area contributed by atoms with Gasteiger partial charge in [0, 0.05) is 12.8 Å². The highest BCUT2D eigenvalue weighted by atomic mass is 31.2. The summed E-state index contributed by atoms with van der Waals surface area (Å²) >= 11 is 0. The Morgan fingerprint density at radius 2 is 0.860 bits per heavy atom. The molecule has 57 heavy (non-hydrogen) atoms. The lowest BCUT2D eigenvalue weighted by Crippen LogP contribution is -2.28. The number of allylic oxidation sites excluding steroid dienone is 14. The zero-order valence-electron chi connectivity index (χ0n) is 35.3. The molecular weight excluding hydrogens is 743 g/mol. The average molecular weight is 821 g/mol. The maximum atomic E-state index is 12.4. The third-order valence-corrected chi connectivity index (χ3v) is 9.56. The maximum Gasteiger partial charge on any atom is 0.472 e. The minimum Gasteiger partial charge on any atom is -0.457 e. The van der Waals surface area contributed by atoms with Crippen LogP contribution in [0.1, 0.15) is 155 Å². The third kappa shape index (κ3) is 39.7. The summed E-state index contributed by atoms with van der Waals surface area (Å²) in [6, 6.07) is 0. The summed E-state index contributed by atoms with van der Waals surface area (Å²) in [6.45, 7) is 1.98. The van der Waals surface area contributed by atoms with E-state index < -0.39 is 58.4 Å². The fraction of sp³-hybridized carbons (Fsp3) is 0.652. The second-order valence-electron chi connectivity index (χ2n) is 13.9. The van der Waals surface area contributed by atoms with Crippen LogP contribution in [0.3, 0.4) is 0 Å². The van der Waals surface area contributed by atoms with Crippen molar-refractivity contribution in [2.45, 2.75) is 167 Å². The number of aliphatic hydroxyl groups excluding tert-OH is 2. The molecule has 0 spiro atoms. The summed E-state index contributed by atoms with van der Waals surface area (Å²) in [5, 5.41) is 19.1. The van der Waals surface area contributed by atoms with E-state index in [1.807, 2.05) is 18.2 Å². The number of esters is 2. The quantitative estimate of drug-likeness (QED) is 0.0237. The Morgan fingerprint density at radius 3 is 1.30 bits per heavy atom. The molecule has 0 aliphatic heterocycles. The summed E-state index contributed by atoms with van der Waals surface area (Å²) in [7, 11) is -4.66. The van der Waals surface area contributed by atoms with E-state index in [1.165, 1.54) is 38.5 Å². The van der Waals surface area contributed by atoms with Crippen molar-refractivity contribution in [3.05, 3.63) is 85.1 Å². The number of phosphoric acid groups is 1. The second kappa shape index (κ2) is 41.3. The Morgan fingerprint density at radius 1 is 0.491 bits per heavy atom. The number of ether oxygens (including phenoxy) is 2. The van der Waals surface area contributed by atoms with Crippen molar-refractivity contribution in [3.63, 3.8) is 0 Å². The van der Waals surface area contributed by atoms with Crippen LogP contribution in [-0.4, -0.2) is 65.7 Å². The van der Waals surface area contributed by atoms with Crippen molar-refractivity contribution in [1.29, 1.82) is 0 Å². The first-order valence-electron chi connectivity index (χ1n) is 21.5. The van der Waals surface area contributed by atoms with Gasteiger partial charge in [0.2, 0.25) is 0 Å². The van der Waals surface area contributed by atoms with Gasteiger partial charge in [0.25, 0.3) is 0 Å². The van der Waals surface area contributed by atoms with Gasteiger partial charge in [-0.2, -0.15) is 0 Å². The summed E-state index contributed by atoms with van der Waals surface area (Å²) in [6.07, 6.45) is 48.5. The first-order valence-corrected chi connectivity index (χ1v) is 23.0. The molecule has 0 aromatic carbocycles. The molecule has 0 aliphatic rings. The van der Waals surface area contributed by atoms with Crippen molar-refractivity contribution in [2.24, 2.45) is 0 Å². The summed E-state index contributed by atoms with van der Waals surface area (Å²) < 4.78 is 32.5. The summed E-state index contributed by atoms with van der Waals surface area (Å²) in [5.41, 5.74) is 0. The number of hydrogen-bond donors (Lipinski definition) is 3. The standard InChI is InChI=1S/C46H77O10P/c1-3-5-7-9-11-13-15-17-19-20-21-22-24-26-28-30-32-34-36-38-46(50)56-44(40-48)42-54-57(51,52)53-41-43(39-47)55-45(49)37-35-33-31-29-27-25-23-18-16-14-12-10-8-6-4-2/h5,7,11,13,17-19,21-23,26,28,32,34,43-44,47-48H,3-4,6,8-10,12,14-16,20,24-25,27,29-31,33,35-42H2,1-2H3,(H,51,52)/b7-5-,13-11-,19-17-,22-21-,23-18-,28-26-,34-32-. The van der Waals surface area contributed by atoms with E-state index in [0.717, 1.165) is 77.0 Å². The van der Waals surface area contributed by atoms with Gasteiger partial charge in [-0.25, -0.2) is 4.57 Å². The maximum absolute atomic E-state index is 12.4. The van der Waals surface area contributed by atoms with Crippen LogP contribution in [0.25, 0.3) is 0 Å². The molecule has 0 aromatic rings. The molecule has 11 heteroatoms. The van der Waals surface area contributed by atoms with Crippen molar-refractivity contribution in [2.75, 3.05) is 26.4 Å². The molecule has 0 heterocycles. The van der Waals surface area contributed by atoms with Crippen molar-refractivity contribution >= 4 is 19.8 Å². The van der Waals surface area contributed by atoms with E-state index in [2.05, 4.69) is 80.7 Å². The monoisotopic (exact) mass is 821 g/mol. The molecule has 0 radical (unpaired) electrons. The molecule has 3 unspecified atom stereocenters. The Labute approximate surface area is 345 Å².